The maximum Gasteiger partial charge on any atom is 0.338 e. The normalized spacial score (nSPS) is 16.7. The van der Waals surface area contributed by atoms with E-state index in [0.29, 0.717) is 30.9 Å². The van der Waals surface area contributed by atoms with Crippen LogP contribution in [0.3, 0.4) is 0 Å². The Bertz CT molecular complexity index is 663. The van der Waals surface area contributed by atoms with Gasteiger partial charge in [-0.3, -0.25) is 9.69 Å². The van der Waals surface area contributed by atoms with E-state index in [1.807, 2.05) is 39.0 Å². The molecule has 0 radical (unpaired) electrons. The first kappa shape index (κ1) is 21.3. The summed E-state index contributed by atoms with van der Waals surface area (Å²) in [4.78, 5) is 26.4. The van der Waals surface area contributed by atoms with Crippen LogP contribution in [-0.2, 0) is 27.2 Å². The van der Waals surface area contributed by atoms with Gasteiger partial charge in [-0.2, -0.15) is 0 Å². The van der Waals surface area contributed by atoms with Gasteiger partial charge in [-0.05, 0) is 51.4 Å². The van der Waals surface area contributed by atoms with Gasteiger partial charge in [0, 0.05) is 19.6 Å². The number of aliphatic carboxylic acids is 1. The molecule has 1 heterocycles. The van der Waals surface area contributed by atoms with Crippen molar-refractivity contribution in [3.63, 3.8) is 0 Å². The lowest BCUT2D eigenvalue weighted by atomic mass is 9.97. The molecule has 0 spiro atoms. The summed E-state index contributed by atoms with van der Waals surface area (Å²) in [5.41, 5.74) is 1.47. The first-order valence-electron chi connectivity index (χ1n) is 9.25. The van der Waals surface area contributed by atoms with Crippen molar-refractivity contribution in [1.29, 1.82) is 0 Å². The van der Waals surface area contributed by atoms with Gasteiger partial charge in [0.2, 0.25) is 0 Å². The fourth-order valence-electron chi connectivity index (χ4n) is 2.97. The number of morpholine rings is 1. The fourth-order valence-corrected chi connectivity index (χ4v) is 2.97. The second-order valence-electron chi connectivity index (χ2n) is 7.77. The van der Waals surface area contributed by atoms with Crippen LogP contribution < -0.4 is 5.32 Å². The van der Waals surface area contributed by atoms with E-state index in [1.165, 1.54) is 0 Å². The molecule has 7 nitrogen and oxygen atoms in total. The topological polar surface area (TPSA) is 88.1 Å². The first-order chi connectivity index (χ1) is 12.7. The average Bonchev–Trinajstić information content (AvgIpc) is 2.59. The molecule has 1 atom stereocenters. The first-order valence-corrected chi connectivity index (χ1v) is 9.25. The summed E-state index contributed by atoms with van der Waals surface area (Å²) in [6, 6.07) is 4.85. The Morgan fingerprint density at radius 1 is 1.30 bits per heavy atom. The van der Waals surface area contributed by atoms with Gasteiger partial charge in [0.15, 0.2) is 0 Å². The molecule has 2 rings (SSSR count). The molecule has 1 aliphatic rings. The highest BCUT2D eigenvalue weighted by Crippen LogP contribution is 2.20. The minimum absolute atomic E-state index is 0.207. The van der Waals surface area contributed by atoms with E-state index in [2.05, 4.69) is 10.2 Å². The molecule has 7 heteroatoms. The molecule has 1 fully saturated rings. The van der Waals surface area contributed by atoms with Gasteiger partial charge in [-0.1, -0.05) is 12.1 Å². The van der Waals surface area contributed by atoms with Crippen LogP contribution in [0.25, 0.3) is 0 Å². The number of carbonyl (C=O) groups is 2. The molecule has 0 saturated carbocycles. The summed E-state index contributed by atoms with van der Waals surface area (Å²) < 4.78 is 10.9. The summed E-state index contributed by atoms with van der Waals surface area (Å²) >= 11 is 0. The largest absolute Gasteiger partial charge is 0.480 e. The van der Waals surface area contributed by atoms with Gasteiger partial charge >= 0.3 is 11.9 Å². The molecular weight excluding hydrogens is 348 g/mol. The number of rotatable bonds is 7. The van der Waals surface area contributed by atoms with Crippen molar-refractivity contribution in [2.45, 2.75) is 45.4 Å². The smallest absolute Gasteiger partial charge is 0.338 e. The number of carboxylic acid groups (broad SMARTS) is 1. The molecule has 1 aliphatic heterocycles. The lowest BCUT2D eigenvalue weighted by Crippen LogP contribution is -2.37. The minimum atomic E-state index is -0.954. The van der Waals surface area contributed by atoms with Crippen molar-refractivity contribution in [2.75, 3.05) is 33.4 Å². The van der Waals surface area contributed by atoms with Crippen molar-refractivity contribution in [3.05, 3.63) is 34.9 Å². The number of esters is 1. The van der Waals surface area contributed by atoms with Crippen LogP contribution >= 0.6 is 0 Å². The van der Waals surface area contributed by atoms with Crippen LogP contribution in [0.2, 0.25) is 0 Å². The number of nitrogens with zero attached hydrogens (tertiary/aromatic N) is 1. The average molecular weight is 378 g/mol. The molecule has 1 aromatic carbocycles. The van der Waals surface area contributed by atoms with Gasteiger partial charge in [-0.15, -0.1) is 0 Å². The molecule has 0 amide bonds. The van der Waals surface area contributed by atoms with Crippen LogP contribution in [0.5, 0.6) is 0 Å². The van der Waals surface area contributed by atoms with Crippen LogP contribution in [0.1, 0.15) is 42.3 Å². The predicted octanol–water partition coefficient (Wildman–Crippen LogP) is 1.69. The SMILES string of the molecule is CNC(Cc1ccc(CN2CCOCC2)cc1C(=O)OC(C)(C)C)C(=O)O. The molecule has 0 bridgehead atoms. The van der Waals surface area contributed by atoms with E-state index in [0.717, 1.165) is 18.7 Å². The number of carbonyl (C=O) groups excluding carboxylic acids is 1. The standard InChI is InChI=1S/C20H30N2O5/c1-20(2,3)27-19(25)16-11-14(13-22-7-9-26-10-8-22)5-6-15(16)12-17(21-4)18(23)24/h5-6,11,17,21H,7-10,12-13H2,1-4H3,(H,23,24). The highest BCUT2D eigenvalue weighted by molar-refractivity contribution is 5.92. The Balaban J connectivity index is 2.28. The van der Waals surface area contributed by atoms with Gasteiger partial charge in [-0.25, -0.2) is 4.79 Å². The number of likely N-dealkylation sites (N-methyl/N-ethyl adjacent to an activating group) is 1. The van der Waals surface area contributed by atoms with E-state index in [9.17, 15) is 14.7 Å². The number of hydrogen-bond acceptors (Lipinski definition) is 6. The third kappa shape index (κ3) is 6.61. The second-order valence-corrected chi connectivity index (χ2v) is 7.77. The fraction of sp³-hybridized carbons (Fsp3) is 0.600. The Morgan fingerprint density at radius 2 is 1.96 bits per heavy atom. The van der Waals surface area contributed by atoms with E-state index in [-0.39, 0.29) is 6.42 Å². The zero-order chi connectivity index (χ0) is 20.0. The molecule has 1 unspecified atom stereocenters. The van der Waals surface area contributed by atoms with Crippen LogP contribution in [0.4, 0.5) is 0 Å². The minimum Gasteiger partial charge on any atom is -0.480 e. The number of carboxylic acids is 1. The van der Waals surface area contributed by atoms with Crippen molar-refractivity contribution in [2.24, 2.45) is 0 Å². The number of benzene rings is 1. The highest BCUT2D eigenvalue weighted by atomic mass is 16.6. The van der Waals surface area contributed by atoms with E-state index >= 15 is 0 Å². The third-order valence-electron chi connectivity index (χ3n) is 4.37. The lowest BCUT2D eigenvalue weighted by Gasteiger charge is -2.27. The molecule has 1 saturated heterocycles. The summed E-state index contributed by atoms with van der Waals surface area (Å²) in [5.74, 6) is -1.38. The van der Waals surface area contributed by atoms with Crippen LogP contribution in [0.15, 0.2) is 18.2 Å². The van der Waals surface area contributed by atoms with E-state index in [1.54, 1.807) is 7.05 Å². The van der Waals surface area contributed by atoms with Gasteiger partial charge in [0.25, 0.3) is 0 Å². The monoisotopic (exact) mass is 378 g/mol. The molecule has 2 N–H and O–H groups in total. The highest BCUT2D eigenvalue weighted by Gasteiger charge is 2.24. The second kappa shape index (κ2) is 9.30. The maximum atomic E-state index is 12.7. The third-order valence-corrected chi connectivity index (χ3v) is 4.37. The molecule has 1 aromatic rings. The van der Waals surface area contributed by atoms with Crippen LogP contribution in [0, 0.1) is 0 Å². The summed E-state index contributed by atoms with van der Waals surface area (Å²) in [5, 5.41) is 12.1. The van der Waals surface area contributed by atoms with Gasteiger partial charge in [0.05, 0.1) is 18.8 Å². The van der Waals surface area contributed by atoms with Gasteiger partial charge in [0.1, 0.15) is 11.6 Å². The number of hydrogen-bond donors (Lipinski definition) is 2. The van der Waals surface area contributed by atoms with Crippen molar-refractivity contribution in [1.82, 2.24) is 10.2 Å². The number of nitrogens with one attached hydrogen (secondary N) is 1. The van der Waals surface area contributed by atoms with Gasteiger partial charge < -0.3 is 19.9 Å². The van der Waals surface area contributed by atoms with E-state index in [4.69, 9.17) is 9.47 Å². The van der Waals surface area contributed by atoms with Crippen molar-refractivity contribution >= 4 is 11.9 Å². The van der Waals surface area contributed by atoms with Crippen molar-refractivity contribution in [3.8, 4) is 0 Å². The molecular formula is C20H30N2O5. The summed E-state index contributed by atoms with van der Waals surface area (Å²) in [7, 11) is 1.60. The predicted molar refractivity (Wildman–Crippen MR) is 102 cm³/mol. The lowest BCUT2D eigenvalue weighted by molar-refractivity contribution is -0.139. The quantitative estimate of drug-likeness (QED) is 0.698. The summed E-state index contributed by atoms with van der Waals surface area (Å²) in [6.07, 6.45) is 0.207. The molecule has 150 valence electrons. The molecule has 27 heavy (non-hydrogen) atoms. The zero-order valence-electron chi connectivity index (χ0n) is 16.6. The summed E-state index contributed by atoms with van der Waals surface area (Å²) in [6.45, 7) is 9.28. The number of ether oxygens (including phenoxy) is 2. The van der Waals surface area contributed by atoms with Crippen LogP contribution in [-0.4, -0.2) is 66.9 Å². The zero-order valence-corrected chi connectivity index (χ0v) is 16.6. The van der Waals surface area contributed by atoms with E-state index < -0.39 is 23.6 Å². The Morgan fingerprint density at radius 3 is 2.52 bits per heavy atom. The Hall–Kier alpha value is -1.96. The molecule has 0 aromatic heterocycles. The molecule has 0 aliphatic carbocycles. The maximum absolute atomic E-state index is 12.7. The Kier molecular flexibility index (Phi) is 7.35. The van der Waals surface area contributed by atoms with Crippen molar-refractivity contribution < 1.29 is 24.2 Å². The Labute approximate surface area is 160 Å².